The van der Waals surface area contributed by atoms with Crippen molar-refractivity contribution in [3.63, 3.8) is 0 Å². The van der Waals surface area contributed by atoms with Crippen LogP contribution in [0.1, 0.15) is 56.1 Å². The third kappa shape index (κ3) is 16.4. The normalized spacial score (nSPS) is 18.5. The SMILES string of the molecule is CNCCC[C@@H](CNC(=O)[C@H](CCCNC(=O)[C@H](CCNC(=O)[C@@H]1Cc2cccc(c2)-c2ccc(O)c(c2)C[C@H](NC)C(=O)N[C@@H](CCCNC)C(=O)N1)NC)NC)NC. The van der Waals surface area contributed by atoms with Crippen molar-refractivity contribution in [1.82, 2.24) is 58.5 Å². The van der Waals surface area contributed by atoms with Gasteiger partial charge in [0.05, 0.1) is 18.1 Å². The second-order valence-electron chi connectivity index (χ2n) is 15.3. The monoisotopic (exact) mass is 838 g/mol. The van der Waals surface area contributed by atoms with Crippen LogP contribution in [-0.4, -0.2) is 146 Å². The van der Waals surface area contributed by atoms with Gasteiger partial charge in [0.1, 0.15) is 17.8 Å². The Labute approximate surface area is 355 Å². The summed E-state index contributed by atoms with van der Waals surface area (Å²) in [6, 6.07) is 9.44. The van der Waals surface area contributed by atoms with Crippen LogP contribution in [0.3, 0.4) is 0 Å². The van der Waals surface area contributed by atoms with Gasteiger partial charge in [-0.05, 0) is 135 Å². The molecule has 0 spiro atoms. The molecule has 1 heterocycles. The maximum Gasteiger partial charge on any atom is 0.243 e. The number of benzene rings is 2. The molecule has 17 nitrogen and oxygen atoms in total. The van der Waals surface area contributed by atoms with E-state index >= 15 is 0 Å². The maximum atomic E-state index is 13.9. The first-order chi connectivity index (χ1) is 29.0. The summed E-state index contributed by atoms with van der Waals surface area (Å²) in [5.41, 5.74) is 3.06. The van der Waals surface area contributed by atoms with Gasteiger partial charge in [0.2, 0.25) is 29.5 Å². The smallest absolute Gasteiger partial charge is 0.243 e. The van der Waals surface area contributed by atoms with Crippen molar-refractivity contribution in [1.29, 1.82) is 0 Å². The number of phenols is 1. The molecule has 334 valence electrons. The predicted molar refractivity (Wildman–Crippen MR) is 235 cm³/mol. The Kier molecular flexibility index (Phi) is 22.6. The summed E-state index contributed by atoms with van der Waals surface area (Å²) in [4.78, 5) is 67.4. The lowest BCUT2D eigenvalue weighted by Gasteiger charge is -2.25. The third-order valence-electron chi connectivity index (χ3n) is 11.0. The number of nitrogens with one attached hydrogen (secondary N) is 11. The Morgan fingerprint density at radius 2 is 1.38 bits per heavy atom. The van der Waals surface area contributed by atoms with Crippen LogP contribution >= 0.6 is 0 Å². The van der Waals surface area contributed by atoms with E-state index in [0.29, 0.717) is 50.9 Å². The first-order valence-electron chi connectivity index (χ1n) is 21.3. The molecule has 3 rings (SSSR count). The molecule has 5 amide bonds. The van der Waals surface area contributed by atoms with Gasteiger partial charge in [0, 0.05) is 38.5 Å². The molecule has 0 radical (unpaired) electrons. The minimum absolute atomic E-state index is 0.0646. The van der Waals surface area contributed by atoms with E-state index in [1.807, 2.05) is 44.4 Å². The minimum Gasteiger partial charge on any atom is -0.508 e. The van der Waals surface area contributed by atoms with E-state index in [0.717, 1.165) is 36.1 Å². The number of fused-ring (bicyclic) bond motifs is 5. The van der Waals surface area contributed by atoms with E-state index in [-0.39, 0.29) is 49.4 Å². The molecule has 0 aromatic heterocycles. The van der Waals surface area contributed by atoms with Crippen molar-refractivity contribution in [2.75, 3.05) is 75.0 Å². The van der Waals surface area contributed by atoms with Crippen LogP contribution < -0.4 is 58.5 Å². The summed E-state index contributed by atoms with van der Waals surface area (Å²) in [6.07, 6.45) is 4.62. The van der Waals surface area contributed by atoms with Crippen molar-refractivity contribution < 1.29 is 29.1 Å². The number of likely N-dealkylation sites (N-methyl/N-ethyl adjacent to an activating group) is 4. The van der Waals surface area contributed by atoms with Crippen LogP contribution in [0.2, 0.25) is 0 Å². The molecule has 60 heavy (non-hydrogen) atoms. The second-order valence-corrected chi connectivity index (χ2v) is 15.3. The molecule has 6 atom stereocenters. The van der Waals surface area contributed by atoms with Crippen LogP contribution in [0, 0.1) is 0 Å². The first kappa shape index (κ1) is 49.7. The van der Waals surface area contributed by atoms with E-state index in [9.17, 15) is 29.1 Å². The van der Waals surface area contributed by atoms with Crippen molar-refractivity contribution in [3.8, 4) is 16.9 Å². The number of rotatable bonds is 24. The first-order valence-corrected chi connectivity index (χ1v) is 21.3. The van der Waals surface area contributed by atoms with Crippen molar-refractivity contribution in [3.05, 3.63) is 53.6 Å². The molecule has 12 N–H and O–H groups in total. The van der Waals surface area contributed by atoms with Crippen molar-refractivity contribution in [2.45, 2.75) is 94.0 Å². The molecule has 0 saturated carbocycles. The lowest BCUT2D eigenvalue weighted by molar-refractivity contribution is -0.132. The Hall–Kier alpha value is -4.65. The quantitative estimate of drug-likeness (QED) is 0.0571. The standard InChI is InChI=1S/C43H71N11O6/c1-44-19-8-13-32(46-3)27-52-40(57)33(47-4)14-10-21-50-39(56)34(48-5)18-22-51-41(58)37-24-28-11-7-12-29(23-28)30-16-17-38(55)31(25-30)26-36(49-6)43(60)53-35(42(59)54-37)15-9-20-45-2/h7,11-12,16-17,23,25,32-37,44-49,55H,8-10,13-15,18-22,24,26-27H2,1-6H3,(H,50,56)(H,51,58)(H,52,57)(H,53,60)(H,54,59)/t32-,33-,34-,35-,36-,37-/m0/s1. The molecule has 2 aromatic rings. The number of hydrogen-bond donors (Lipinski definition) is 12. The zero-order valence-electron chi connectivity index (χ0n) is 36.4. The lowest BCUT2D eigenvalue weighted by Crippen LogP contribution is -2.57. The number of hydrogen-bond acceptors (Lipinski definition) is 12. The van der Waals surface area contributed by atoms with E-state index < -0.39 is 47.9 Å². The predicted octanol–water partition coefficient (Wildman–Crippen LogP) is -1.00. The van der Waals surface area contributed by atoms with Gasteiger partial charge < -0.3 is 63.6 Å². The Morgan fingerprint density at radius 1 is 0.700 bits per heavy atom. The molecule has 4 bridgehead atoms. The van der Waals surface area contributed by atoms with Gasteiger partial charge in [0.25, 0.3) is 0 Å². The Morgan fingerprint density at radius 3 is 2.08 bits per heavy atom. The summed E-state index contributed by atoms with van der Waals surface area (Å²) < 4.78 is 0. The van der Waals surface area contributed by atoms with Crippen LogP contribution in [0.4, 0.5) is 0 Å². The number of amides is 5. The van der Waals surface area contributed by atoms with Gasteiger partial charge in [-0.25, -0.2) is 0 Å². The van der Waals surface area contributed by atoms with E-state index in [4.69, 9.17) is 0 Å². The van der Waals surface area contributed by atoms with Gasteiger partial charge in [0.15, 0.2) is 0 Å². The van der Waals surface area contributed by atoms with Crippen molar-refractivity contribution >= 4 is 29.5 Å². The number of carbonyl (C=O) groups is 5. The highest BCUT2D eigenvalue weighted by Crippen LogP contribution is 2.28. The topological polar surface area (TPSA) is 238 Å². The average Bonchev–Trinajstić information content (AvgIpc) is 3.25. The van der Waals surface area contributed by atoms with Gasteiger partial charge in [-0.1, -0.05) is 30.3 Å². The lowest BCUT2D eigenvalue weighted by atomic mass is 9.96. The molecule has 1 aliphatic rings. The summed E-state index contributed by atoms with van der Waals surface area (Å²) in [7, 11) is 10.7. The fraction of sp³-hybridized carbons (Fsp3) is 0.605. The molecule has 0 saturated heterocycles. The van der Waals surface area contributed by atoms with Crippen molar-refractivity contribution in [2.24, 2.45) is 0 Å². The summed E-state index contributed by atoms with van der Waals surface area (Å²) in [5.74, 6) is -1.57. The van der Waals surface area contributed by atoms with Crippen LogP contribution in [-0.2, 0) is 36.8 Å². The zero-order chi connectivity index (χ0) is 43.9. The molecule has 0 fully saturated rings. The number of carbonyl (C=O) groups excluding carboxylic acids is 5. The third-order valence-corrected chi connectivity index (χ3v) is 11.0. The molecule has 0 aliphatic carbocycles. The van der Waals surface area contributed by atoms with Gasteiger partial charge in [-0.3, -0.25) is 24.0 Å². The van der Waals surface area contributed by atoms with Gasteiger partial charge in [-0.15, -0.1) is 0 Å². The van der Waals surface area contributed by atoms with Crippen LogP contribution in [0.5, 0.6) is 5.75 Å². The Bertz CT molecular complexity index is 1660. The average molecular weight is 838 g/mol. The van der Waals surface area contributed by atoms with E-state index in [2.05, 4.69) is 58.5 Å². The molecule has 17 heteroatoms. The van der Waals surface area contributed by atoms with Crippen LogP contribution in [0.15, 0.2) is 42.5 Å². The fourth-order valence-electron chi connectivity index (χ4n) is 7.23. The molecule has 0 unspecified atom stereocenters. The molecule has 2 aromatic carbocycles. The van der Waals surface area contributed by atoms with E-state index in [1.54, 1.807) is 40.3 Å². The fourth-order valence-corrected chi connectivity index (χ4v) is 7.23. The Balaban J connectivity index is 1.65. The number of aromatic hydroxyl groups is 1. The minimum atomic E-state index is -0.987. The molecular formula is C43H71N11O6. The largest absolute Gasteiger partial charge is 0.508 e. The maximum absolute atomic E-state index is 13.9. The number of phenolic OH excluding ortho intramolecular Hbond substituents is 1. The highest BCUT2D eigenvalue weighted by atomic mass is 16.3. The molecular weight excluding hydrogens is 767 g/mol. The highest BCUT2D eigenvalue weighted by Gasteiger charge is 2.30. The van der Waals surface area contributed by atoms with Gasteiger partial charge in [-0.2, -0.15) is 0 Å². The highest BCUT2D eigenvalue weighted by molar-refractivity contribution is 5.93. The summed E-state index contributed by atoms with van der Waals surface area (Å²) in [6.45, 7) is 2.59. The zero-order valence-corrected chi connectivity index (χ0v) is 36.4. The molecule has 1 aliphatic heterocycles. The van der Waals surface area contributed by atoms with Gasteiger partial charge >= 0.3 is 0 Å². The second kappa shape index (κ2) is 27.2. The van der Waals surface area contributed by atoms with E-state index in [1.165, 1.54) is 0 Å². The summed E-state index contributed by atoms with van der Waals surface area (Å²) in [5, 5.41) is 44.0. The summed E-state index contributed by atoms with van der Waals surface area (Å²) >= 11 is 0. The van der Waals surface area contributed by atoms with Crippen LogP contribution in [0.25, 0.3) is 11.1 Å².